The molecule has 2 nitrogen and oxygen atoms in total. The Morgan fingerprint density at radius 3 is 2.00 bits per heavy atom. The average molecular weight is 310 g/mol. The number of benzene rings is 3. The minimum atomic E-state index is 0.949. The molecule has 0 fully saturated rings. The van der Waals surface area contributed by atoms with Crippen molar-refractivity contribution in [1.82, 2.24) is 9.97 Å². The molecule has 0 atom stereocenters. The van der Waals surface area contributed by atoms with Gasteiger partial charge < -0.3 is 0 Å². The van der Waals surface area contributed by atoms with Crippen LogP contribution in [-0.4, -0.2) is 9.97 Å². The van der Waals surface area contributed by atoms with Crippen molar-refractivity contribution in [2.24, 2.45) is 0 Å². The summed E-state index contributed by atoms with van der Waals surface area (Å²) in [5, 5.41) is 2.46. The van der Waals surface area contributed by atoms with E-state index < -0.39 is 0 Å². The van der Waals surface area contributed by atoms with E-state index in [9.17, 15) is 0 Å². The van der Waals surface area contributed by atoms with Crippen molar-refractivity contribution in [3.63, 3.8) is 0 Å². The van der Waals surface area contributed by atoms with Crippen LogP contribution in [0.4, 0.5) is 0 Å². The molecule has 0 unspecified atom stereocenters. The monoisotopic (exact) mass is 310 g/mol. The molecule has 0 aliphatic heterocycles. The Balaban J connectivity index is 1.81. The van der Waals surface area contributed by atoms with Crippen LogP contribution in [-0.2, 0) is 0 Å². The largest absolute Gasteiger partial charge is 0.236 e. The summed E-state index contributed by atoms with van der Waals surface area (Å²) in [4.78, 5) is 8.94. The zero-order valence-corrected chi connectivity index (χ0v) is 13.8. The normalized spacial score (nSPS) is 10.9. The first kappa shape index (κ1) is 14.6. The Morgan fingerprint density at radius 2 is 1.25 bits per heavy atom. The summed E-state index contributed by atoms with van der Waals surface area (Å²) < 4.78 is 0. The van der Waals surface area contributed by atoms with E-state index in [-0.39, 0.29) is 0 Å². The third kappa shape index (κ3) is 2.79. The standard InChI is InChI=1S/C22H18N2/c1-15-9-16(2)11-20(10-15)22-13-21(23-14-24-22)19-8-7-17-5-3-4-6-18(17)12-19/h3-14H,1-2H3. The van der Waals surface area contributed by atoms with Crippen LogP contribution in [0.3, 0.4) is 0 Å². The van der Waals surface area contributed by atoms with Gasteiger partial charge in [-0.15, -0.1) is 0 Å². The maximum atomic E-state index is 4.48. The minimum Gasteiger partial charge on any atom is -0.236 e. The van der Waals surface area contributed by atoms with Crippen LogP contribution in [0.1, 0.15) is 11.1 Å². The van der Waals surface area contributed by atoms with E-state index in [0.717, 1.165) is 22.5 Å². The lowest BCUT2D eigenvalue weighted by molar-refractivity contribution is 1.17. The molecule has 0 aliphatic carbocycles. The van der Waals surface area contributed by atoms with Crippen LogP contribution in [0.2, 0.25) is 0 Å². The topological polar surface area (TPSA) is 25.8 Å². The van der Waals surface area contributed by atoms with Crippen molar-refractivity contribution in [3.05, 3.63) is 84.2 Å². The molecule has 1 aromatic heterocycles. The third-order valence-corrected chi connectivity index (χ3v) is 4.23. The van der Waals surface area contributed by atoms with Gasteiger partial charge in [0.1, 0.15) is 6.33 Å². The van der Waals surface area contributed by atoms with Crippen LogP contribution >= 0.6 is 0 Å². The first-order chi connectivity index (χ1) is 11.7. The fourth-order valence-electron chi connectivity index (χ4n) is 3.14. The Kier molecular flexibility index (Phi) is 3.58. The molecular weight excluding hydrogens is 292 g/mol. The summed E-state index contributed by atoms with van der Waals surface area (Å²) >= 11 is 0. The van der Waals surface area contributed by atoms with Crippen molar-refractivity contribution < 1.29 is 0 Å². The van der Waals surface area contributed by atoms with Crippen LogP contribution in [0.15, 0.2) is 73.1 Å². The number of nitrogens with zero attached hydrogens (tertiary/aromatic N) is 2. The molecule has 3 aromatic carbocycles. The molecule has 0 saturated carbocycles. The lowest BCUT2D eigenvalue weighted by atomic mass is 10.0. The average Bonchev–Trinajstić information content (AvgIpc) is 2.60. The zero-order valence-electron chi connectivity index (χ0n) is 13.8. The summed E-state index contributed by atoms with van der Waals surface area (Å²) in [6.45, 7) is 4.23. The van der Waals surface area contributed by atoms with Gasteiger partial charge in [0, 0.05) is 11.1 Å². The lowest BCUT2D eigenvalue weighted by Crippen LogP contribution is -1.91. The van der Waals surface area contributed by atoms with E-state index in [1.165, 1.54) is 21.9 Å². The fourth-order valence-corrected chi connectivity index (χ4v) is 3.14. The van der Waals surface area contributed by atoms with Gasteiger partial charge in [0.2, 0.25) is 0 Å². The van der Waals surface area contributed by atoms with Gasteiger partial charge in [-0.3, -0.25) is 0 Å². The number of hydrogen-bond acceptors (Lipinski definition) is 2. The van der Waals surface area contributed by atoms with E-state index in [0.29, 0.717) is 0 Å². The van der Waals surface area contributed by atoms with Crippen molar-refractivity contribution in [3.8, 4) is 22.5 Å². The van der Waals surface area contributed by atoms with Crippen LogP contribution < -0.4 is 0 Å². The molecular formula is C22H18N2. The summed E-state index contributed by atoms with van der Waals surface area (Å²) in [6, 6.07) is 23.4. The Labute approximate surface area is 141 Å². The molecule has 0 spiro atoms. The van der Waals surface area contributed by atoms with Crippen LogP contribution in [0.5, 0.6) is 0 Å². The molecule has 0 radical (unpaired) electrons. The number of aromatic nitrogens is 2. The van der Waals surface area contributed by atoms with Crippen molar-refractivity contribution in [2.45, 2.75) is 13.8 Å². The summed E-state index contributed by atoms with van der Waals surface area (Å²) in [6.07, 6.45) is 1.65. The van der Waals surface area contributed by atoms with Crippen LogP contribution in [0.25, 0.3) is 33.3 Å². The molecule has 0 aliphatic rings. The highest BCUT2D eigenvalue weighted by atomic mass is 14.8. The molecule has 116 valence electrons. The molecule has 0 amide bonds. The maximum Gasteiger partial charge on any atom is 0.116 e. The van der Waals surface area contributed by atoms with E-state index in [2.05, 4.69) is 90.5 Å². The minimum absolute atomic E-state index is 0.949. The predicted octanol–water partition coefficient (Wildman–Crippen LogP) is 5.58. The van der Waals surface area contributed by atoms with Gasteiger partial charge in [-0.05, 0) is 48.9 Å². The van der Waals surface area contributed by atoms with Gasteiger partial charge in [-0.1, -0.05) is 53.6 Å². The van der Waals surface area contributed by atoms with E-state index in [4.69, 9.17) is 0 Å². The zero-order chi connectivity index (χ0) is 16.5. The van der Waals surface area contributed by atoms with Crippen molar-refractivity contribution in [1.29, 1.82) is 0 Å². The van der Waals surface area contributed by atoms with Crippen molar-refractivity contribution in [2.75, 3.05) is 0 Å². The lowest BCUT2D eigenvalue weighted by Gasteiger charge is -2.07. The second-order valence-corrected chi connectivity index (χ2v) is 6.23. The van der Waals surface area contributed by atoms with Gasteiger partial charge in [-0.25, -0.2) is 9.97 Å². The first-order valence-electron chi connectivity index (χ1n) is 8.09. The Bertz CT molecular complexity index is 1010. The quantitative estimate of drug-likeness (QED) is 0.483. The highest BCUT2D eigenvalue weighted by Gasteiger charge is 2.06. The van der Waals surface area contributed by atoms with Gasteiger partial charge >= 0.3 is 0 Å². The second-order valence-electron chi connectivity index (χ2n) is 6.23. The number of hydrogen-bond donors (Lipinski definition) is 0. The predicted molar refractivity (Wildman–Crippen MR) is 99.9 cm³/mol. The highest BCUT2D eigenvalue weighted by Crippen LogP contribution is 2.26. The summed E-state index contributed by atoms with van der Waals surface area (Å²) in [5.41, 5.74) is 6.65. The number of aryl methyl sites for hydroxylation is 2. The van der Waals surface area contributed by atoms with Crippen LogP contribution in [0, 0.1) is 13.8 Å². The Morgan fingerprint density at radius 1 is 0.583 bits per heavy atom. The first-order valence-corrected chi connectivity index (χ1v) is 8.09. The van der Waals surface area contributed by atoms with Gasteiger partial charge in [0.25, 0.3) is 0 Å². The molecule has 2 heteroatoms. The van der Waals surface area contributed by atoms with Gasteiger partial charge in [-0.2, -0.15) is 0 Å². The SMILES string of the molecule is Cc1cc(C)cc(-c2cc(-c3ccc4ccccc4c3)ncn2)c1. The molecule has 4 aromatic rings. The van der Waals surface area contributed by atoms with Gasteiger partial charge in [0.15, 0.2) is 0 Å². The number of fused-ring (bicyclic) bond motifs is 1. The van der Waals surface area contributed by atoms with E-state index >= 15 is 0 Å². The third-order valence-electron chi connectivity index (χ3n) is 4.23. The van der Waals surface area contributed by atoms with Crippen molar-refractivity contribution >= 4 is 10.8 Å². The maximum absolute atomic E-state index is 4.48. The molecule has 1 heterocycles. The molecule has 0 N–H and O–H groups in total. The highest BCUT2D eigenvalue weighted by molar-refractivity contribution is 5.87. The molecule has 0 saturated heterocycles. The second kappa shape index (κ2) is 5.89. The van der Waals surface area contributed by atoms with Gasteiger partial charge in [0.05, 0.1) is 11.4 Å². The van der Waals surface area contributed by atoms with E-state index in [1.807, 2.05) is 0 Å². The summed E-state index contributed by atoms with van der Waals surface area (Å²) in [7, 11) is 0. The molecule has 4 rings (SSSR count). The molecule has 24 heavy (non-hydrogen) atoms. The molecule has 0 bridgehead atoms. The summed E-state index contributed by atoms with van der Waals surface area (Å²) in [5.74, 6) is 0. The fraction of sp³-hybridized carbons (Fsp3) is 0.0909. The Hall–Kier alpha value is -3.00. The smallest absolute Gasteiger partial charge is 0.116 e. The van der Waals surface area contributed by atoms with E-state index in [1.54, 1.807) is 6.33 Å². The number of rotatable bonds is 2.